The Morgan fingerprint density at radius 2 is 1.40 bits per heavy atom. The highest BCUT2D eigenvalue weighted by Gasteiger charge is 2.32. The van der Waals surface area contributed by atoms with Crippen molar-refractivity contribution in [1.82, 2.24) is 4.90 Å². The van der Waals surface area contributed by atoms with Crippen LogP contribution in [0, 0.1) is 5.92 Å². The Morgan fingerprint density at radius 1 is 0.840 bits per heavy atom. The van der Waals surface area contributed by atoms with Crippen molar-refractivity contribution >= 4 is 0 Å². The van der Waals surface area contributed by atoms with Gasteiger partial charge in [0.15, 0.2) is 0 Å². The van der Waals surface area contributed by atoms with Crippen molar-refractivity contribution in [3.8, 4) is 0 Å². The summed E-state index contributed by atoms with van der Waals surface area (Å²) in [5.41, 5.74) is 6.38. The summed E-state index contributed by atoms with van der Waals surface area (Å²) in [4.78, 5) is 2.69. The van der Waals surface area contributed by atoms with Gasteiger partial charge in [0.2, 0.25) is 0 Å². The van der Waals surface area contributed by atoms with Gasteiger partial charge in [0.25, 0.3) is 0 Å². The van der Waals surface area contributed by atoms with Gasteiger partial charge in [0, 0.05) is 5.92 Å². The van der Waals surface area contributed by atoms with E-state index in [-0.39, 0.29) is 0 Å². The quantitative estimate of drug-likeness (QED) is 0.721. The number of likely N-dealkylation sites (tertiary alicyclic amines) is 1. The number of fused-ring (bicyclic) bond motifs is 2. The van der Waals surface area contributed by atoms with Gasteiger partial charge >= 0.3 is 0 Å². The van der Waals surface area contributed by atoms with Crippen molar-refractivity contribution < 1.29 is 0 Å². The molecular weight excluding hydrogens is 302 g/mol. The molecule has 1 heteroatoms. The smallest absolute Gasteiger partial charge is 0.0124 e. The zero-order valence-corrected chi connectivity index (χ0v) is 15.6. The molecule has 1 heterocycles. The highest BCUT2D eigenvalue weighted by atomic mass is 15.1. The van der Waals surface area contributed by atoms with Crippen LogP contribution in [0.2, 0.25) is 0 Å². The average Bonchev–Trinajstić information content (AvgIpc) is 2.84. The van der Waals surface area contributed by atoms with Gasteiger partial charge in [-0.05, 0) is 79.9 Å². The van der Waals surface area contributed by atoms with E-state index < -0.39 is 0 Å². The molecule has 1 aliphatic carbocycles. The summed E-state index contributed by atoms with van der Waals surface area (Å²) in [6.45, 7) is 6.16. The van der Waals surface area contributed by atoms with Gasteiger partial charge in [0.05, 0.1) is 0 Å². The zero-order chi connectivity index (χ0) is 17.1. The van der Waals surface area contributed by atoms with Crippen LogP contribution in [0.1, 0.15) is 60.8 Å². The molecule has 132 valence electrons. The normalized spacial score (nSPS) is 19.2. The summed E-state index contributed by atoms with van der Waals surface area (Å²) < 4.78 is 0. The Bertz CT molecular complexity index is 649. The molecule has 2 aliphatic rings. The number of hydrogen-bond acceptors (Lipinski definition) is 1. The molecule has 0 spiro atoms. The average molecular weight is 334 g/mol. The standard InChI is InChI=1S/C24H31N/c1-2-3-16-25-17-14-21(15-18-25)24-22-10-6-4-8-19(22)12-13-20-9-5-7-11-23(20)24/h4-11,21,24H,2-3,12-18H2,1H3. The third-order valence-electron chi connectivity index (χ3n) is 6.38. The molecule has 25 heavy (non-hydrogen) atoms. The van der Waals surface area contributed by atoms with Crippen LogP contribution < -0.4 is 0 Å². The largest absolute Gasteiger partial charge is 0.303 e. The van der Waals surface area contributed by atoms with E-state index in [0.717, 1.165) is 5.92 Å². The van der Waals surface area contributed by atoms with Crippen LogP contribution in [0.4, 0.5) is 0 Å². The number of nitrogens with zero attached hydrogens (tertiary/aromatic N) is 1. The van der Waals surface area contributed by atoms with Gasteiger partial charge in [-0.15, -0.1) is 0 Å². The summed E-state index contributed by atoms with van der Waals surface area (Å²) in [5.74, 6) is 1.39. The highest BCUT2D eigenvalue weighted by Crippen LogP contribution is 2.42. The first-order valence-corrected chi connectivity index (χ1v) is 10.2. The van der Waals surface area contributed by atoms with Crippen LogP contribution in [-0.4, -0.2) is 24.5 Å². The molecule has 2 aromatic rings. The minimum atomic E-state index is 0.600. The Hall–Kier alpha value is -1.60. The van der Waals surface area contributed by atoms with E-state index in [2.05, 4.69) is 60.4 Å². The summed E-state index contributed by atoms with van der Waals surface area (Å²) >= 11 is 0. The van der Waals surface area contributed by atoms with Crippen molar-refractivity contribution in [2.45, 2.75) is 51.4 Å². The number of hydrogen-bond donors (Lipinski definition) is 0. The van der Waals surface area contributed by atoms with Gasteiger partial charge in [0.1, 0.15) is 0 Å². The molecule has 0 amide bonds. The van der Waals surface area contributed by atoms with E-state index in [1.54, 1.807) is 22.3 Å². The molecule has 4 rings (SSSR count). The van der Waals surface area contributed by atoms with Gasteiger partial charge in [-0.25, -0.2) is 0 Å². The van der Waals surface area contributed by atoms with Crippen LogP contribution in [0.25, 0.3) is 0 Å². The van der Waals surface area contributed by atoms with Crippen LogP contribution in [0.5, 0.6) is 0 Å². The molecule has 0 radical (unpaired) electrons. The van der Waals surface area contributed by atoms with Crippen molar-refractivity contribution in [3.05, 3.63) is 70.8 Å². The zero-order valence-electron chi connectivity index (χ0n) is 15.6. The predicted molar refractivity (Wildman–Crippen MR) is 106 cm³/mol. The molecule has 0 unspecified atom stereocenters. The van der Waals surface area contributed by atoms with Crippen LogP contribution in [0.3, 0.4) is 0 Å². The number of rotatable bonds is 4. The molecule has 0 aromatic heterocycles. The van der Waals surface area contributed by atoms with E-state index >= 15 is 0 Å². The molecule has 2 aromatic carbocycles. The fourth-order valence-corrected chi connectivity index (χ4v) is 4.97. The number of piperidine rings is 1. The maximum Gasteiger partial charge on any atom is 0.0124 e. The van der Waals surface area contributed by atoms with Crippen LogP contribution in [0.15, 0.2) is 48.5 Å². The molecule has 0 N–H and O–H groups in total. The van der Waals surface area contributed by atoms with E-state index in [4.69, 9.17) is 0 Å². The monoisotopic (exact) mass is 333 g/mol. The van der Waals surface area contributed by atoms with E-state index in [9.17, 15) is 0 Å². The van der Waals surface area contributed by atoms with Crippen LogP contribution in [-0.2, 0) is 12.8 Å². The van der Waals surface area contributed by atoms with Gasteiger partial charge in [-0.1, -0.05) is 61.9 Å². The lowest BCUT2D eigenvalue weighted by atomic mass is 9.74. The van der Waals surface area contributed by atoms with Crippen molar-refractivity contribution in [1.29, 1.82) is 0 Å². The SMILES string of the molecule is CCCCN1CCC(C2c3ccccc3CCc3ccccc32)CC1. The highest BCUT2D eigenvalue weighted by molar-refractivity contribution is 5.45. The van der Waals surface area contributed by atoms with Crippen molar-refractivity contribution in [2.75, 3.05) is 19.6 Å². The number of benzene rings is 2. The Balaban J connectivity index is 1.62. The van der Waals surface area contributed by atoms with Crippen LogP contribution >= 0.6 is 0 Å². The summed E-state index contributed by atoms with van der Waals surface area (Å²) in [6, 6.07) is 18.5. The molecular formula is C24H31N. The summed E-state index contributed by atoms with van der Waals surface area (Å²) in [5, 5.41) is 0. The third kappa shape index (κ3) is 3.53. The molecule has 1 saturated heterocycles. The van der Waals surface area contributed by atoms with Gasteiger partial charge in [-0.2, -0.15) is 0 Å². The van der Waals surface area contributed by atoms with Crippen molar-refractivity contribution in [3.63, 3.8) is 0 Å². The Labute approximate surface area is 153 Å². The summed E-state index contributed by atoms with van der Waals surface area (Å²) in [7, 11) is 0. The fourth-order valence-electron chi connectivity index (χ4n) is 4.97. The minimum Gasteiger partial charge on any atom is -0.303 e. The van der Waals surface area contributed by atoms with E-state index in [0.29, 0.717) is 5.92 Å². The molecule has 0 atom stereocenters. The van der Waals surface area contributed by atoms with Crippen molar-refractivity contribution in [2.24, 2.45) is 5.92 Å². The lowest BCUT2D eigenvalue weighted by molar-refractivity contribution is 0.173. The topological polar surface area (TPSA) is 3.24 Å². The van der Waals surface area contributed by atoms with E-state index in [1.807, 2.05) is 0 Å². The van der Waals surface area contributed by atoms with Gasteiger partial charge in [-0.3, -0.25) is 0 Å². The first-order chi connectivity index (χ1) is 12.4. The number of unbranched alkanes of at least 4 members (excludes halogenated alkanes) is 1. The second-order valence-corrected chi connectivity index (χ2v) is 7.91. The predicted octanol–water partition coefficient (Wildman–Crippen LogP) is 5.43. The first kappa shape index (κ1) is 16.8. The Morgan fingerprint density at radius 3 is 1.96 bits per heavy atom. The maximum atomic E-state index is 2.69. The third-order valence-corrected chi connectivity index (χ3v) is 6.38. The lowest BCUT2D eigenvalue weighted by Gasteiger charge is -2.37. The lowest BCUT2D eigenvalue weighted by Crippen LogP contribution is -2.36. The fraction of sp³-hybridized carbons (Fsp3) is 0.500. The number of aryl methyl sites for hydroxylation is 2. The molecule has 0 saturated carbocycles. The maximum absolute atomic E-state index is 2.69. The molecule has 1 aliphatic heterocycles. The summed E-state index contributed by atoms with van der Waals surface area (Å²) in [6.07, 6.45) is 7.73. The van der Waals surface area contributed by atoms with E-state index in [1.165, 1.54) is 58.2 Å². The second kappa shape index (κ2) is 7.74. The molecule has 1 fully saturated rings. The minimum absolute atomic E-state index is 0.600. The molecule has 1 nitrogen and oxygen atoms in total. The second-order valence-electron chi connectivity index (χ2n) is 7.91. The first-order valence-electron chi connectivity index (χ1n) is 10.2. The Kier molecular flexibility index (Phi) is 5.22. The molecule has 0 bridgehead atoms. The van der Waals surface area contributed by atoms with Gasteiger partial charge < -0.3 is 4.90 Å².